The minimum atomic E-state index is -0.00214. The van der Waals surface area contributed by atoms with Crippen LogP contribution in [0.15, 0.2) is 36.4 Å². The summed E-state index contributed by atoms with van der Waals surface area (Å²) in [5.41, 5.74) is 11.3. The Bertz CT molecular complexity index is 607. The van der Waals surface area contributed by atoms with E-state index in [2.05, 4.69) is 52.0 Å². The molecule has 0 saturated heterocycles. The van der Waals surface area contributed by atoms with Gasteiger partial charge in [0, 0.05) is 12.1 Å². The summed E-state index contributed by atoms with van der Waals surface area (Å²) in [7, 11) is 0. The number of phenols is 1. The van der Waals surface area contributed by atoms with Gasteiger partial charge in [-0.15, -0.1) is 0 Å². The van der Waals surface area contributed by atoms with Crippen molar-refractivity contribution in [1.29, 1.82) is 0 Å². The fourth-order valence-electron chi connectivity index (χ4n) is 2.52. The van der Waals surface area contributed by atoms with Gasteiger partial charge in [0.05, 0.1) is 0 Å². The average molecular weight is 269 g/mol. The third-order valence-corrected chi connectivity index (χ3v) is 3.64. The van der Waals surface area contributed by atoms with Gasteiger partial charge in [0.1, 0.15) is 5.75 Å². The molecule has 3 N–H and O–H groups in total. The summed E-state index contributed by atoms with van der Waals surface area (Å²) in [6.07, 6.45) is 0. The summed E-state index contributed by atoms with van der Waals surface area (Å²) in [4.78, 5) is 0. The summed E-state index contributed by atoms with van der Waals surface area (Å²) in [6.45, 7) is 8.94. The van der Waals surface area contributed by atoms with Gasteiger partial charge in [0.15, 0.2) is 0 Å². The molecule has 2 rings (SSSR count). The molecule has 0 unspecified atom stereocenters. The van der Waals surface area contributed by atoms with Crippen LogP contribution >= 0.6 is 0 Å². The zero-order valence-electron chi connectivity index (χ0n) is 12.7. The first-order valence-electron chi connectivity index (χ1n) is 6.97. The van der Waals surface area contributed by atoms with E-state index in [1.807, 2.05) is 6.07 Å². The second-order valence-electron chi connectivity index (χ2n) is 6.31. The van der Waals surface area contributed by atoms with E-state index in [-0.39, 0.29) is 11.2 Å². The molecule has 0 aliphatic rings. The first kappa shape index (κ1) is 14.6. The smallest absolute Gasteiger partial charge is 0.120 e. The van der Waals surface area contributed by atoms with E-state index in [0.717, 1.165) is 16.7 Å². The number of phenolic OH excluding ortho intramolecular Hbond substituents is 1. The highest BCUT2D eigenvalue weighted by molar-refractivity contribution is 5.75. The lowest BCUT2D eigenvalue weighted by Crippen LogP contribution is -2.15. The van der Waals surface area contributed by atoms with Crippen molar-refractivity contribution in [3.05, 3.63) is 53.1 Å². The predicted octanol–water partition coefficient (Wildman–Crippen LogP) is 4.12. The minimum absolute atomic E-state index is 0.00214. The molecule has 0 radical (unpaired) electrons. The van der Waals surface area contributed by atoms with Gasteiger partial charge in [-0.25, -0.2) is 0 Å². The van der Waals surface area contributed by atoms with Crippen molar-refractivity contribution in [2.45, 2.75) is 39.7 Å². The van der Waals surface area contributed by atoms with E-state index in [4.69, 9.17) is 5.73 Å². The van der Waals surface area contributed by atoms with Gasteiger partial charge < -0.3 is 10.8 Å². The SMILES string of the molecule is Cc1ccc(-c2c(C(C)(C)C)ccc(O)c2CN)cc1. The molecular weight excluding hydrogens is 246 g/mol. The zero-order valence-corrected chi connectivity index (χ0v) is 12.7. The summed E-state index contributed by atoms with van der Waals surface area (Å²) >= 11 is 0. The second-order valence-corrected chi connectivity index (χ2v) is 6.31. The van der Waals surface area contributed by atoms with E-state index in [1.165, 1.54) is 11.1 Å². The molecule has 0 aliphatic heterocycles. The molecule has 106 valence electrons. The highest BCUT2D eigenvalue weighted by atomic mass is 16.3. The Morgan fingerprint density at radius 2 is 1.60 bits per heavy atom. The topological polar surface area (TPSA) is 46.2 Å². The van der Waals surface area contributed by atoms with Crippen LogP contribution in [0.2, 0.25) is 0 Å². The number of hydrogen-bond acceptors (Lipinski definition) is 2. The molecule has 20 heavy (non-hydrogen) atoms. The van der Waals surface area contributed by atoms with Crippen molar-refractivity contribution in [2.75, 3.05) is 0 Å². The van der Waals surface area contributed by atoms with Crippen molar-refractivity contribution < 1.29 is 5.11 Å². The maximum atomic E-state index is 10.1. The van der Waals surface area contributed by atoms with Gasteiger partial charge in [-0.3, -0.25) is 0 Å². The molecule has 2 heteroatoms. The molecule has 0 fully saturated rings. The lowest BCUT2D eigenvalue weighted by Gasteiger charge is -2.25. The Kier molecular flexibility index (Phi) is 3.87. The molecule has 0 spiro atoms. The van der Waals surface area contributed by atoms with Crippen LogP contribution in [-0.4, -0.2) is 5.11 Å². The van der Waals surface area contributed by atoms with Gasteiger partial charge in [-0.05, 0) is 35.1 Å². The Morgan fingerprint density at radius 3 is 2.10 bits per heavy atom. The highest BCUT2D eigenvalue weighted by Gasteiger charge is 2.22. The fourth-order valence-corrected chi connectivity index (χ4v) is 2.52. The molecular formula is C18H23NO. The van der Waals surface area contributed by atoms with Crippen LogP contribution in [0.25, 0.3) is 11.1 Å². The molecule has 2 aromatic carbocycles. The Morgan fingerprint density at radius 1 is 1.00 bits per heavy atom. The molecule has 0 amide bonds. The summed E-state index contributed by atoms with van der Waals surface area (Å²) in [5, 5.41) is 10.1. The lowest BCUT2D eigenvalue weighted by atomic mass is 9.79. The molecule has 0 aromatic heterocycles. The number of hydrogen-bond donors (Lipinski definition) is 2. The standard InChI is InChI=1S/C18H23NO/c1-12-5-7-13(8-6-12)17-14(11-19)16(20)10-9-15(17)18(2,3)4/h5-10,20H,11,19H2,1-4H3. The van der Waals surface area contributed by atoms with Crippen molar-refractivity contribution in [3.8, 4) is 16.9 Å². The van der Waals surface area contributed by atoms with E-state index in [9.17, 15) is 5.11 Å². The second kappa shape index (κ2) is 5.29. The molecule has 0 saturated carbocycles. The van der Waals surface area contributed by atoms with Crippen LogP contribution < -0.4 is 5.73 Å². The molecule has 0 bridgehead atoms. The third kappa shape index (κ3) is 2.70. The fraction of sp³-hybridized carbons (Fsp3) is 0.333. The first-order valence-corrected chi connectivity index (χ1v) is 6.97. The van der Waals surface area contributed by atoms with Gasteiger partial charge >= 0.3 is 0 Å². The molecule has 2 aromatic rings. The summed E-state index contributed by atoms with van der Waals surface area (Å²) in [6, 6.07) is 12.1. The monoisotopic (exact) mass is 269 g/mol. The van der Waals surface area contributed by atoms with E-state index in [1.54, 1.807) is 6.07 Å². The Balaban J connectivity index is 2.76. The maximum Gasteiger partial charge on any atom is 0.120 e. The average Bonchev–Trinajstić information content (AvgIpc) is 2.38. The zero-order chi connectivity index (χ0) is 14.9. The third-order valence-electron chi connectivity index (χ3n) is 3.64. The number of rotatable bonds is 2. The summed E-state index contributed by atoms with van der Waals surface area (Å²) in [5.74, 6) is 0.274. The van der Waals surface area contributed by atoms with Crippen LogP contribution in [0.3, 0.4) is 0 Å². The van der Waals surface area contributed by atoms with Crippen LogP contribution in [0.1, 0.15) is 37.5 Å². The van der Waals surface area contributed by atoms with Crippen LogP contribution in [-0.2, 0) is 12.0 Å². The quantitative estimate of drug-likeness (QED) is 0.861. The normalized spacial score (nSPS) is 11.7. The van der Waals surface area contributed by atoms with E-state index >= 15 is 0 Å². The van der Waals surface area contributed by atoms with E-state index in [0.29, 0.717) is 6.54 Å². The molecule has 0 heterocycles. The van der Waals surface area contributed by atoms with Crippen LogP contribution in [0, 0.1) is 6.92 Å². The molecule has 0 atom stereocenters. The number of aryl methyl sites for hydroxylation is 1. The first-order chi connectivity index (χ1) is 9.34. The Hall–Kier alpha value is -1.80. The lowest BCUT2D eigenvalue weighted by molar-refractivity contribution is 0.467. The van der Waals surface area contributed by atoms with Crippen molar-refractivity contribution in [3.63, 3.8) is 0 Å². The Labute approximate surface area is 121 Å². The number of benzene rings is 2. The van der Waals surface area contributed by atoms with Gasteiger partial charge in [-0.1, -0.05) is 56.7 Å². The predicted molar refractivity (Wildman–Crippen MR) is 84.9 cm³/mol. The highest BCUT2D eigenvalue weighted by Crippen LogP contribution is 2.39. The van der Waals surface area contributed by atoms with Crippen molar-refractivity contribution in [2.24, 2.45) is 5.73 Å². The number of nitrogens with two attached hydrogens (primary N) is 1. The van der Waals surface area contributed by atoms with Crippen LogP contribution in [0.5, 0.6) is 5.75 Å². The maximum absolute atomic E-state index is 10.1. The molecule has 2 nitrogen and oxygen atoms in total. The van der Waals surface area contributed by atoms with Crippen molar-refractivity contribution >= 4 is 0 Å². The van der Waals surface area contributed by atoms with Crippen LogP contribution in [0.4, 0.5) is 0 Å². The van der Waals surface area contributed by atoms with Crippen molar-refractivity contribution in [1.82, 2.24) is 0 Å². The van der Waals surface area contributed by atoms with Gasteiger partial charge in [-0.2, -0.15) is 0 Å². The molecule has 0 aliphatic carbocycles. The largest absolute Gasteiger partial charge is 0.508 e. The number of aromatic hydroxyl groups is 1. The summed E-state index contributed by atoms with van der Waals surface area (Å²) < 4.78 is 0. The van der Waals surface area contributed by atoms with Gasteiger partial charge in [0.2, 0.25) is 0 Å². The minimum Gasteiger partial charge on any atom is -0.508 e. The van der Waals surface area contributed by atoms with Gasteiger partial charge in [0.25, 0.3) is 0 Å². The van der Waals surface area contributed by atoms with E-state index < -0.39 is 0 Å².